The van der Waals surface area contributed by atoms with Crippen LogP contribution in [0.2, 0.25) is 0 Å². The first-order chi connectivity index (χ1) is 7.08. The SMILES string of the molecule is Cc1cc(O)cc(-c2c(C)noc2C)c1. The molecule has 3 nitrogen and oxygen atoms in total. The van der Waals surface area contributed by atoms with Crippen molar-refractivity contribution in [2.45, 2.75) is 20.8 Å². The van der Waals surface area contributed by atoms with E-state index in [0.717, 1.165) is 28.1 Å². The molecule has 0 aliphatic heterocycles. The van der Waals surface area contributed by atoms with Crippen LogP contribution in [0.25, 0.3) is 11.1 Å². The fourth-order valence-electron chi connectivity index (χ4n) is 1.80. The molecule has 0 saturated heterocycles. The Bertz CT molecular complexity index is 461. The smallest absolute Gasteiger partial charge is 0.141 e. The Morgan fingerprint density at radius 3 is 2.40 bits per heavy atom. The van der Waals surface area contributed by atoms with Crippen molar-refractivity contribution in [2.24, 2.45) is 0 Å². The van der Waals surface area contributed by atoms with Crippen LogP contribution in [-0.4, -0.2) is 10.3 Å². The van der Waals surface area contributed by atoms with Crippen molar-refractivity contribution in [3.8, 4) is 16.9 Å². The van der Waals surface area contributed by atoms with Crippen molar-refractivity contribution in [3.05, 3.63) is 35.2 Å². The van der Waals surface area contributed by atoms with Crippen LogP contribution in [0.15, 0.2) is 22.7 Å². The molecule has 0 amide bonds. The summed E-state index contributed by atoms with van der Waals surface area (Å²) in [5.41, 5.74) is 3.78. The molecule has 3 heteroatoms. The van der Waals surface area contributed by atoms with Crippen LogP contribution in [0.3, 0.4) is 0 Å². The molecular formula is C12H13NO2. The first kappa shape index (κ1) is 9.77. The highest BCUT2D eigenvalue weighted by Gasteiger charge is 2.12. The molecule has 1 heterocycles. The molecule has 15 heavy (non-hydrogen) atoms. The molecule has 0 radical (unpaired) electrons. The molecule has 0 spiro atoms. The topological polar surface area (TPSA) is 46.3 Å². The highest BCUT2D eigenvalue weighted by Crippen LogP contribution is 2.30. The maximum Gasteiger partial charge on any atom is 0.141 e. The number of phenolic OH excluding ortho intramolecular Hbond substituents is 1. The molecular weight excluding hydrogens is 190 g/mol. The fourth-order valence-corrected chi connectivity index (χ4v) is 1.80. The summed E-state index contributed by atoms with van der Waals surface area (Å²) in [5, 5.41) is 13.4. The molecule has 78 valence electrons. The first-order valence-corrected chi connectivity index (χ1v) is 4.82. The van der Waals surface area contributed by atoms with E-state index < -0.39 is 0 Å². The predicted octanol–water partition coefficient (Wildman–Crippen LogP) is 2.97. The lowest BCUT2D eigenvalue weighted by Crippen LogP contribution is -1.83. The summed E-state index contributed by atoms with van der Waals surface area (Å²) in [7, 11) is 0. The summed E-state index contributed by atoms with van der Waals surface area (Å²) in [5.74, 6) is 1.04. The quantitative estimate of drug-likeness (QED) is 0.775. The summed E-state index contributed by atoms with van der Waals surface area (Å²) in [6.45, 7) is 5.71. The third-order valence-corrected chi connectivity index (χ3v) is 2.38. The number of hydrogen-bond acceptors (Lipinski definition) is 3. The minimum Gasteiger partial charge on any atom is -0.508 e. The van der Waals surface area contributed by atoms with Gasteiger partial charge >= 0.3 is 0 Å². The molecule has 1 N–H and O–H groups in total. The van der Waals surface area contributed by atoms with Crippen LogP contribution < -0.4 is 0 Å². The third-order valence-electron chi connectivity index (χ3n) is 2.38. The van der Waals surface area contributed by atoms with Crippen LogP contribution in [0.5, 0.6) is 5.75 Å². The van der Waals surface area contributed by atoms with Gasteiger partial charge in [0.05, 0.1) is 5.69 Å². The van der Waals surface area contributed by atoms with Crippen molar-refractivity contribution in [1.29, 1.82) is 0 Å². The molecule has 2 rings (SSSR count). The van der Waals surface area contributed by atoms with E-state index >= 15 is 0 Å². The molecule has 0 aliphatic carbocycles. The van der Waals surface area contributed by atoms with Crippen LogP contribution in [-0.2, 0) is 0 Å². The van der Waals surface area contributed by atoms with Gasteiger partial charge in [0.15, 0.2) is 0 Å². The van der Waals surface area contributed by atoms with E-state index in [-0.39, 0.29) is 5.75 Å². The van der Waals surface area contributed by atoms with Crippen LogP contribution in [0, 0.1) is 20.8 Å². The number of hydrogen-bond donors (Lipinski definition) is 1. The molecule has 0 bridgehead atoms. The minimum absolute atomic E-state index is 0.269. The Kier molecular flexibility index (Phi) is 2.23. The van der Waals surface area contributed by atoms with E-state index in [4.69, 9.17) is 4.52 Å². The lowest BCUT2D eigenvalue weighted by molar-refractivity contribution is 0.393. The first-order valence-electron chi connectivity index (χ1n) is 4.82. The number of rotatable bonds is 1. The van der Waals surface area contributed by atoms with E-state index in [9.17, 15) is 5.11 Å². The van der Waals surface area contributed by atoms with Crippen molar-refractivity contribution in [3.63, 3.8) is 0 Å². The van der Waals surface area contributed by atoms with E-state index in [1.54, 1.807) is 12.1 Å². The highest BCUT2D eigenvalue weighted by molar-refractivity contribution is 5.69. The van der Waals surface area contributed by atoms with Crippen molar-refractivity contribution < 1.29 is 9.63 Å². The molecule has 0 unspecified atom stereocenters. The second kappa shape index (κ2) is 3.42. The van der Waals surface area contributed by atoms with Gasteiger partial charge in [0.2, 0.25) is 0 Å². The van der Waals surface area contributed by atoms with E-state index in [1.807, 2.05) is 26.8 Å². The van der Waals surface area contributed by atoms with Crippen molar-refractivity contribution >= 4 is 0 Å². The Morgan fingerprint density at radius 2 is 1.87 bits per heavy atom. The Labute approximate surface area is 88.3 Å². The summed E-state index contributed by atoms with van der Waals surface area (Å²) in [6.07, 6.45) is 0. The lowest BCUT2D eigenvalue weighted by Gasteiger charge is -2.03. The van der Waals surface area contributed by atoms with Gasteiger partial charge in [-0.05, 0) is 44.0 Å². The van der Waals surface area contributed by atoms with Gasteiger partial charge in [-0.25, -0.2) is 0 Å². The zero-order chi connectivity index (χ0) is 11.0. The maximum absolute atomic E-state index is 9.52. The van der Waals surface area contributed by atoms with Crippen molar-refractivity contribution in [1.82, 2.24) is 5.16 Å². The number of aromatic nitrogens is 1. The summed E-state index contributed by atoms with van der Waals surface area (Å²) in [6, 6.07) is 5.45. The Hall–Kier alpha value is -1.77. The second-order valence-electron chi connectivity index (χ2n) is 3.76. The molecule has 0 saturated carbocycles. The van der Waals surface area contributed by atoms with Gasteiger partial charge < -0.3 is 9.63 Å². The molecule has 1 aromatic heterocycles. The maximum atomic E-state index is 9.52. The van der Waals surface area contributed by atoms with Gasteiger partial charge in [-0.3, -0.25) is 0 Å². The van der Waals surface area contributed by atoms with Gasteiger partial charge in [0, 0.05) is 5.56 Å². The molecule has 0 fully saturated rings. The normalized spacial score (nSPS) is 10.6. The van der Waals surface area contributed by atoms with Crippen LogP contribution in [0.1, 0.15) is 17.0 Å². The zero-order valence-corrected chi connectivity index (χ0v) is 9.03. The number of aryl methyl sites for hydroxylation is 3. The summed E-state index contributed by atoms with van der Waals surface area (Å²) < 4.78 is 5.10. The predicted molar refractivity (Wildman–Crippen MR) is 57.8 cm³/mol. The molecule has 0 aliphatic rings. The fraction of sp³-hybridized carbons (Fsp3) is 0.250. The standard InChI is InChI=1S/C12H13NO2/c1-7-4-10(6-11(14)5-7)12-8(2)13-15-9(12)3/h4-6,14H,1-3H3. The lowest BCUT2D eigenvalue weighted by atomic mass is 10.0. The summed E-state index contributed by atoms with van der Waals surface area (Å²) >= 11 is 0. The van der Waals surface area contributed by atoms with Crippen LogP contribution >= 0.6 is 0 Å². The monoisotopic (exact) mass is 203 g/mol. The Balaban J connectivity index is 2.63. The molecule has 0 atom stereocenters. The number of phenols is 1. The van der Waals surface area contributed by atoms with Gasteiger partial charge in [-0.2, -0.15) is 0 Å². The second-order valence-corrected chi connectivity index (χ2v) is 3.76. The highest BCUT2D eigenvalue weighted by atomic mass is 16.5. The zero-order valence-electron chi connectivity index (χ0n) is 9.03. The Morgan fingerprint density at radius 1 is 1.13 bits per heavy atom. The number of nitrogens with zero attached hydrogens (tertiary/aromatic N) is 1. The third kappa shape index (κ3) is 1.73. The molecule has 2 aromatic rings. The van der Waals surface area contributed by atoms with Gasteiger partial charge in [0.1, 0.15) is 11.5 Å². The average Bonchev–Trinajstić information content (AvgIpc) is 2.44. The largest absolute Gasteiger partial charge is 0.508 e. The van der Waals surface area contributed by atoms with Gasteiger partial charge in [0.25, 0.3) is 0 Å². The minimum atomic E-state index is 0.269. The van der Waals surface area contributed by atoms with E-state index in [0.29, 0.717) is 0 Å². The van der Waals surface area contributed by atoms with Crippen LogP contribution in [0.4, 0.5) is 0 Å². The summed E-state index contributed by atoms with van der Waals surface area (Å²) in [4.78, 5) is 0. The average molecular weight is 203 g/mol. The van der Waals surface area contributed by atoms with Gasteiger partial charge in [-0.15, -0.1) is 0 Å². The van der Waals surface area contributed by atoms with Gasteiger partial charge in [-0.1, -0.05) is 11.2 Å². The molecule has 1 aromatic carbocycles. The van der Waals surface area contributed by atoms with E-state index in [2.05, 4.69) is 5.16 Å². The van der Waals surface area contributed by atoms with E-state index in [1.165, 1.54) is 0 Å². The van der Waals surface area contributed by atoms with Crippen molar-refractivity contribution in [2.75, 3.05) is 0 Å². The number of benzene rings is 1. The number of aromatic hydroxyl groups is 1.